The van der Waals surface area contributed by atoms with Crippen molar-refractivity contribution in [2.45, 2.75) is 16.8 Å². The van der Waals surface area contributed by atoms with E-state index < -0.39 is 42.8 Å². The maximum Gasteiger partial charge on any atom is 0.446 e. The fourth-order valence-corrected chi connectivity index (χ4v) is 2.25. The largest absolute Gasteiger partial charge is 0.446 e. The fourth-order valence-electron chi connectivity index (χ4n) is 1.59. The molecule has 1 rings (SSSR count). The number of hydrogen-bond acceptors (Lipinski definition) is 3. The van der Waals surface area contributed by atoms with Gasteiger partial charge in [-0.05, 0) is 23.9 Å². The van der Waals surface area contributed by atoms with E-state index >= 15 is 0 Å². The maximum absolute atomic E-state index is 12.4. The number of aliphatic hydroxyl groups excluding tert-OH is 1. The van der Waals surface area contributed by atoms with Gasteiger partial charge in [-0.2, -0.15) is 13.2 Å². The van der Waals surface area contributed by atoms with Crippen LogP contribution in [0.4, 0.5) is 22.0 Å². The molecule has 0 aliphatic heterocycles. The molecule has 1 aromatic rings. The van der Waals surface area contributed by atoms with Crippen LogP contribution in [0, 0.1) is 0 Å². The Bertz CT molecular complexity index is 481. The summed E-state index contributed by atoms with van der Waals surface area (Å²) in [7, 11) is 0. The number of benzene rings is 1. The van der Waals surface area contributed by atoms with Gasteiger partial charge in [0.25, 0.3) is 12.3 Å². The molecule has 0 saturated heterocycles. The highest BCUT2D eigenvalue weighted by Gasteiger charge is 2.32. The summed E-state index contributed by atoms with van der Waals surface area (Å²) in [5, 5.41) is 8.78. The molecule has 0 aromatic heterocycles. The van der Waals surface area contributed by atoms with Crippen LogP contribution in [0.2, 0.25) is 0 Å². The van der Waals surface area contributed by atoms with Crippen molar-refractivity contribution in [3.63, 3.8) is 0 Å². The van der Waals surface area contributed by atoms with Crippen molar-refractivity contribution >= 4 is 17.7 Å². The smallest absolute Gasteiger partial charge is 0.395 e. The van der Waals surface area contributed by atoms with E-state index in [9.17, 15) is 26.7 Å². The minimum Gasteiger partial charge on any atom is -0.395 e. The highest BCUT2D eigenvalue weighted by Crippen LogP contribution is 2.38. The lowest BCUT2D eigenvalue weighted by Gasteiger charge is -2.22. The van der Waals surface area contributed by atoms with Crippen molar-refractivity contribution in [1.82, 2.24) is 4.90 Å². The normalized spacial score (nSPS) is 11.8. The van der Waals surface area contributed by atoms with Crippen LogP contribution in [-0.2, 0) is 0 Å². The molecule has 0 unspecified atom stereocenters. The van der Waals surface area contributed by atoms with Crippen molar-refractivity contribution in [1.29, 1.82) is 0 Å². The third kappa shape index (κ3) is 5.88. The molecule has 21 heavy (non-hydrogen) atoms. The van der Waals surface area contributed by atoms with Gasteiger partial charge < -0.3 is 10.0 Å². The fraction of sp³-hybridized carbons (Fsp3) is 0.417. The van der Waals surface area contributed by atoms with E-state index in [2.05, 4.69) is 0 Å². The summed E-state index contributed by atoms with van der Waals surface area (Å²) >= 11 is -0.487. The van der Waals surface area contributed by atoms with E-state index in [4.69, 9.17) is 5.11 Å². The number of thioether (sulfide) groups is 1. The van der Waals surface area contributed by atoms with Crippen LogP contribution in [0.3, 0.4) is 0 Å². The first-order valence-corrected chi connectivity index (χ1v) is 6.59. The Hall–Kier alpha value is -1.35. The molecule has 0 radical (unpaired) electrons. The molecule has 0 fully saturated rings. The second kappa shape index (κ2) is 7.60. The molecule has 1 aromatic carbocycles. The van der Waals surface area contributed by atoms with E-state index in [1.54, 1.807) is 0 Å². The van der Waals surface area contributed by atoms with Crippen LogP contribution < -0.4 is 0 Å². The Kier molecular flexibility index (Phi) is 6.41. The third-order valence-corrected chi connectivity index (χ3v) is 3.17. The zero-order valence-corrected chi connectivity index (χ0v) is 11.4. The Morgan fingerprint density at radius 1 is 1.29 bits per heavy atom. The van der Waals surface area contributed by atoms with Gasteiger partial charge in [-0.25, -0.2) is 8.78 Å². The monoisotopic (exact) mass is 329 g/mol. The Morgan fingerprint density at radius 2 is 1.90 bits per heavy atom. The summed E-state index contributed by atoms with van der Waals surface area (Å²) in [6, 6.07) is 4.87. The molecule has 0 bridgehead atoms. The first kappa shape index (κ1) is 17.7. The van der Waals surface area contributed by atoms with Crippen molar-refractivity contribution in [3.05, 3.63) is 29.8 Å². The van der Waals surface area contributed by atoms with E-state index in [1.807, 2.05) is 0 Å². The Morgan fingerprint density at radius 3 is 2.43 bits per heavy atom. The molecule has 118 valence electrons. The molecule has 0 saturated carbocycles. The zero-order valence-electron chi connectivity index (χ0n) is 10.6. The van der Waals surface area contributed by atoms with Crippen LogP contribution >= 0.6 is 11.8 Å². The quantitative estimate of drug-likeness (QED) is 0.644. The van der Waals surface area contributed by atoms with E-state index in [-0.39, 0.29) is 17.0 Å². The molecule has 0 atom stereocenters. The molecular formula is C12H12F5NO2S. The van der Waals surface area contributed by atoms with Crippen LogP contribution in [0.1, 0.15) is 10.4 Å². The van der Waals surface area contributed by atoms with Gasteiger partial charge in [-0.1, -0.05) is 12.1 Å². The lowest BCUT2D eigenvalue weighted by atomic mass is 10.2. The lowest BCUT2D eigenvalue weighted by Crippen LogP contribution is -2.37. The van der Waals surface area contributed by atoms with Crippen LogP contribution in [-0.4, -0.2) is 47.5 Å². The first-order valence-electron chi connectivity index (χ1n) is 5.77. The van der Waals surface area contributed by atoms with Crippen molar-refractivity contribution < 1.29 is 31.9 Å². The summed E-state index contributed by atoms with van der Waals surface area (Å²) in [4.78, 5) is 12.3. The predicted molar refractivity (Wildman–Crippen MR) is 67.3 cm³/mol. The maximum atomic E-state index is 12.4. The summed E-state index contributed by atoms with van der Waals surface area (Å²) in [5.74, 6) is -0.975. The van der Waals surface area contributed by atoms with Gasteiger partial charge in [0.2, 0.25) is 0 Å². The molecular weight excluding hydrogens is 317 g/mol. The standard InChI is InChI=1S/C12H12F5NO2S/c13-10(14)7-18(5-6-19)11(20)8-3-1-2-4-9(8)21-12(15,16)17/h1-4,10,19H,5-7H2. The summed E-state index contributed by atoms with van der Waals surface area (Å²) in [5.41, 5.74) is -4.92. The van der Waals surface area contributed by atoms with E-state index in [0.717, 1.165) is 12.1 Å². The van der Waals surface area contributed by atoms with Gasteiger partial charge in [0.15, 0.2) is 0 Å². The van der Waals surface area contributed by atoms with Gasteiger partial charge in [-0.15, -0.1) is 0 Å². The zero-order chi connectivity index (χ0) is 16.0. The highest BCUT2D eigenvalue weighted by atomic mass is 32.2. The Balaban J connectivity index is 3.04. The van der Waals surface area contributed by atoms with Gasteiger partial charge in [0.05, 0.1) is 18.7 Å². The summed E-state index contributed by atoms with van der Waals surface area (Å²) in [6.45, 7) is -1.90. The second-order valence-corrected chi connectivity index (χ2v) is 5.02. The molecule has 1 amide bonds. The number of aliphatic hydroxyl groups is 1. The summed E-state index contributed by atoms with van der Waals surface area (Å²) < 4.78 is 62.1. The Labute approximate surface area is 121 Å². The summed E-state index contributed by atoms with van der Waals surface area (Å²) in [6.07, 6.45) is -2.84. The second-order valence-electron chi connectivity index (χ2n) is 3.91. The van der Waals surface area contributed by atoms with Crippen molar-refractivity contribution in [2.75, 3.05) is 19.7 Å². The highest BCUT2D eigenvalue weighted by molar-refractivity contribution is 8.00. The number of carbonyl (C=O) groups is 1. The minimum absolute atomic E-state index is 0.325. The average Bonchev–Trinajstić information content (AvgIpc) is 2.35. The van der Waals surface area contributed by atoms with Gasteiger partial charge in [-0.3, -0.25) is 4.79 Å². The van der Waals surface area contributed by atoms with Crippen LogP contribution in [0.25, 0.3) is 0 Å². The average molecular weight is 329 g/mol. The number of carbonyl (C=O) groups excluding carboxylic acids is 1. The van der Waals surface area contributed by atoms with Gasteiger partial charge in [0.1, 0.15) is 0 Å². The number of rotatable bonds is 6. The topological polar surface area (TPSA) is 40.5 Å². The third-order valence-electron chi connectivity index (χ3n) is 2.36. The lowest BCUT2D eigenvalue weighted by molar-refractivity contribution is -0.0328. The van der Waals surface area contributed by atoms with E-state index in [0.29, 0.717) is 4.90 Å². The van der Waals surface area contributed by atoms with Gasteiger partial charge >= 0.3 is 5.51 Å². The first-order chi connectivity index (χ1) is 9.74. The predicted octanol–water partition coefficient (Wildman–Crippen LogP) is 3.00. The molecule has 0 aliphatic rings. The number of halogens is 5. The van der Waals surface area contributed by atoms with Crippen molar-refractivity contribution in [2.24, 2.45) is 0 Å². The van der Waals surface area contributed by atoms with E-state index in [1.165, 1.54) is 12.1 Å². The molecule has 9 heteroatoms. The van der Waals surface area contributed by atoms with Crippen molar-refractivity contribution in [3.8, 4) is 0 Å². The van der Waals surface area contributed by atoms with Crippen LogP contribution in [0.5, 0.6) is 0 Å². The SMILES string of the molecule is O=C(c1ccccc1SC(F)(F)F)N(CCO)CC(F)F. The number of alkyl halides is 5. The van der Waals surface area contributed by atoms with Gasteiger partial charge in [0, 0.05) is 11.4 Å². The van der Waals surface area contributed by atoms with Crippen LogP contribution in [0.15, 0.2) is 29.2 Å². The molecule has 0 heterocycles. The molecule has 3 nitrogen and oxygen atoms in total. The number of amides is 1. The molecule has 0 aliphatic carbocycles. The molecule has 1 N–H and O–H groups in total. The molecule has 0 spiro atoms. The number of hydrogen-bond donors (Lipinski definition) is 1. The number of nitrogens with zero attached hydrogens (tertiary/aromatic N) is 1. The minimum atomic E-state index is -4.60.